The Hall–Kier alpha value is -0.880. The van der Waals surface area contributed by atoms with E-state index in [2.05, 4.69) is 13.8 Å². The molecule has 0 aliphatic heterocycles. The van der Waals surface area contributed by atoms with Gasteiger partial charge in [-0.1, -0.05) is 25.4 Å². The lowest BCUT2D eigenvalue weighted by molar-refractivity contribution is -0.384. The van der Waals surface area contributed by atoms with E-state index in [1.54, 1.807) is 0 Å². The normalized spacial score (nSPS) is 13.7. The molecule has 0 aliphatic carbocycles. The molecule has 114 valence electrons. The summed E-state index contributed by atoms with van der Waals surface area (Å²) in [7, 11) is 0. The third kappa shape index (κ3) is 5.25. The number of nitro groups is 1. The van der Waals surface area contributed by atoms with Gasteiger partial charge in [0.15, 0.2) is 0 Å². The van der Waals surface area contributed by atoms with Crippen LogP contribution >= 0.6 is 24.0 Å². The fourth-order valence-electron chi connectivity index (χ4n) is 1.79. The lowest BCUT2D eigenvalue weighted by atomic mass is 9.95. The van der Waals surface area contributed by atoms with Gasteiger partial charge in [-0.15, -0.1) is 12.4 Å². The van der Waals surface area contributed by atoms with E-state index >= 15 is 0 Å². The molecule has 0 unspecified atom stereocenters. The molecular weight excluding hydrogens is 303 g/mol. The molecule has 7 heteroatoms. The minimum absolute atomic E-state index is 0. The van der Waals surface area contributed by atoms with Crippen molar-refractivity contribution in [1.82, 2.24) is 0 Å². The number of aliphatic hydroxyl groups is 1. The zero-order valence-corrected chi connectivity index (χ0v) is 13.0. The number of rotatable bonds is 6. The van der Waals surface area contributed by atoms with Crippen LogP contribution in [0.15, 0.2) is 18.2 Å². The molecule has 0 aromatic heterocycles. The predicted molar refractivity (Wildman–Crippen MR) is 82.4 cm³/mol. The van der Waals surface area contributed by atoms with Gasteiger partial charge in [0.05, 0.1) is 17.1 Å². The summed E-state index contributed by atoms with van der Waals surface area (Å²) in [5.74, 6) is 0.461. The van der Waals surface area contributed by atoms with Crippen LogP contribution in [0.3, 0.4) is 0 Å². The Balaban J connectivity index is 0.00000361. The topological polar surface area (TPSA) is 89.4 Å². The number of nitrogens with zero attached hydrogens (tertiary/aromatic N) is 1. The van der Waals surface area contributed by atoms with Crippen molar-refractivity contribution in [3.63, 3.8) is 0 Å². The monoisotopic (exact) mass is 322 g/mol. The molecule has 1 aromatic rings. The molecule has 5 nitrogen and oxygen atoms in total. The fraction of sp³-hybridized carbons (Fsp3) is 0.538. The van der Waals surface area contributed by atoms with Crippen LogP contribution in [0.1, 0.15) is 38.3 Å². The maximum absolute atomic E-state index is 10.7. The van der Waals surface area contributed by atoms with Crippen LogP contribution in [0.4, 0.5) is 5.69 Å². The Bertz CT molecular complexity index is 455. The van der Waals surface area contributed by atoms with Crippen LogP contribution in [-0.4, -0.2) is 16.1 Å². The largest absolute Gasteiger partial charge is 0.391 e. The molecule has 0 radical (unpaired) electrons. The molecule has 20 heavy (non-hydrogen) atoms. The summed E-state index contributed by atoms with van der Waals surface area (Å²) in [6.45, 7) is 4.11. The molecule has 1 rings (SSSR count). The molecule has 0 saturated heterocycles. The van der Waals surface area contributed by atoms with Crippen molar-refractivity contribution in [3.8, 4) is 0 Å². The van der Waals surface area contributed by atoms with Gasteiger partial charge in [-0.3, -0.25) is 10.1 Å². The SMILES string of the molecule is CC(C)CC[C@H](O)[C@H](N)c1cc([N+](=O)[O-])ccc1Cl.Cl. The van der Waals surface area contributed by atoms with Crippen LogP contribution < -0.4 is 5.73 Å². The van der Waals surface area contributed by atoms with Crippen LogP contribution in [0.5, 0.6) is 0 Å². The smallest absolute Gasteiger partial charge is 0.269 e. The fourth-order valence-corrected chi connectivity index (χ4v) is 2.03. The third-order valence-electron chi connectivity index (χ3n) is 3.00. The molecule has 3 N–H and O–H groups in total. The van der Waals surface area contributed by atoms with Crippen molar-refractivity contribution in [2.24, 2.45) is 11.7 Å². The van der Waals surface area contributed by atoms with Crippen molar-refractivity contribution >= 4 is 29.7 Å². The second kappa shape index (κ2) is 8.42. The number of benzene rings is 1. The lowest BCUT2D eigenvalue weighted by Gasteiger charge is -2.20. The Morgan fingerprint density at radius 2 is 2.00 bits per heavy atom. The van der Waals surface area contributed by atoms with Crippen molar-refractivity contribution in [3.05, 3.63) is 38.9 Å². The number of halogens is 2. The Kier molecular flexibility index (Phi) is 8.05. The number of nitrogens with two attached hydrogens (primary N) is 1. The molecule has 0 heterocycles. The van der Waals surface area contributed by atoms with Crippen LogP contribution in [-0.2, 0) is 0 Å². The maximum Gasteiger partial charge on any atom is 0.269 e. The van der Waals surface area contributed by atoms with Gasteiger partial charge in [-0.2, -0.15) is 0 Å². The Labute approximate surface area is 129 Å². The highest BCUT2D eigenvalue weighted by molar-refractivity contribution is 6.31. The number of nitro benzene ring substituents is 1. The average Bonchev–Trinajstić information content (AvgIpc) is 2.35. The summed E-state index contributed by atoms with van der Waals surface area (Å²) >= 11 is 5.99. The summed E-state index contributed by atoms with van der Waals surface area (Å²) in [6.07, 6.45) is 0.612. The van der Waals surface area contributed by atoms with E-state index in [0.717, 1.165) is 6.42 Å². The van der Waals surface area contributed by atoms with Crippen molar-refractivity contribution in [1.29, 1.82) is 0 Å². The zero-order chi connectivity index (χ0) is 14.6. The van der Waals surface area contributed by atoms with Gasteiger partial charge < -0.3 is 10.8 Å². The average molecular weight is 323 g/mol. The first-order chi connectivity index (χ1) is 8.82. The summed E-state index contributed by atoms with van der Waals surface area (Å²) in [5, 5.41) is 21.1. The van der Waals surface area contributed by atoms with Crippen LogP contribution in [0.25, 0.3) is 0 Å². The predicted octanol–water partition coefficient (Wildman–Crippen LogP) is 3.47. The van der Waals surface area contributed by atoms with Gasteiger partial charge in [0.25, 0.3) is 5.69 Å². The number of non-ortho nitro benzene ring substituents is 1. The van der Waals surface area contributed by atoms with E-state index in [9.17, 15) is 15.2 Å². The van der Waals surface area contributed by atoms with Gasteiger partial charge in [0, 0.05) is 17.2 Å². The molecule has 0 amide bonds. The molecule has 0 bridgehead atoms. The lowest BCUT2D eigenvalue weighted by Crippen LogP contribution is -2.26. The van der Waals surface area contributed by atoms with Crippen molar-refractivity contribution in [2.75, 3.05) is 0 Å². The maximum atomic E-state index is 10.7. The zero-order valence-electron chi connectivity index (χ0n) is 11.5. The first-order valence-corrected chi connectivity index (χ1v) is 6.58. The van der Waals surface area contributed by atoms with E-state index in [1.807, 2.05) is 0 Å². The molecular formula is C13H20Cl2N2O3. The van der Waals surface area contributed by atoms with E-state index in [0.29, 0.717) is 22.9 Å². The number of hydrogen-bond donors (Lipinski definition) is 2. The van der Waals surface area contributed by atoms with Crippen molar-refractivity contribution in [2.45, 2.75) is 38.8 Å². The molecule has 0 spiro atoms. The van der Waals surface area contributed by atoms with E-state index < -0.39 is 17.1 Å². The van der Waals surface area contributed by atoms with Gasteiger partial charge in [-0.05, 0) is 30.4 Å². The third-order valence-corrected chi connectivity index (χ3v) is 3.35. The molecule has 2 atom stereocenters. The first-order valence-electron chi connectivity index (χ1n) is 6.20. The summed E-state index contributed by atoms with van der Waals surface area (Å²) in [4.78, 5) is 10.2. The second-order valence-electron chi connectivity index (χ2n) is 5.03. The molecule has 0 saturated carbocycles. The summed E-state index contributed by atoms with van der Waals surface area (Å²) in [6, 6.07) is 3.36. The second-order valence-corrected chi connectivity index (χ2v) is 5.43. The Morgan fingerprint density at radius 1 is 1.40 bits per heavy atom. The molecule has 0 fully saturated rings. The van der Waals surface area contributed by atoms with Crippen LogP contribution in [0, 0.1) is 16.0 Å². The van der Waals surface area contributed by atoms with E-state index in [4.69, 9.17) is 17.3 Å². The van der Waals surface area contributed by atoms with Gasteiger partial charge in [0.1, 0.15) is 0 Å². The molecule has 1 aromatic carbocycles. The van der Waals surface area contributed by atoms with Crippen molar-refractivity contribution < 1.29 is 10.0 Å². The molecule has 0 aliphatic rings. The minimum Gasteiger partial charge on any atom is -0.391 e. The van der Waals surface area contributed by atoms with Gasteiger partial charge in [0.2, 0.25) is 0 Å². The summed E-state index contributed by atoms with van der Waals surface area (Å²) < 4.78 is 0. The highest BCUT2D eigenvalue weighted by atomic mass is 35.5. The number of hydrogen-bond acceptors (Lipinski definition) is 4. The number of aliphatic hydroxyl groups excluding tert-OH is 1. The van der Waals surface area contributed by atoms with E-state index in [1.165, 1.54) is 18.2 Å². The first kappa shape index (κ1) is 19.1. The summed E-state index contributed by atoms with van der Waals surface area (Å²) in [5.41, 5.74) is 6.27. The highest BCUT2D eigenvalue weighted by Crippen LogP contribution is 2.29. The minimum atomic E-state index is -0.762. The van der Waals surface area contributed by atoms with Crippen LogP contribution in [0.2, 0.25) is 5.02 Å². The highest BCUT2D eigenvalue weighted by Gasteiger charge is 2.21. The Morgan fingerprint density at radius 3 is 2.50 bits per heavy atom. The van der Waals surface area contributed by atoms with E-state index in [-0.39, 0.29) is 18.1 Å². The standard InChI is InChI=1S/C13H19ClN2O3.ClH/c1-8(2)3-6-12(17)13(15)10-7-9(16(18)19)4-5-11(10)14;/h4-5,7-8,12-13,17H,3,6,15H2,1-2H3;1H/t12-,13+;/m0./s1. The quantitative estimate of drug-likeness (QED) is 0.619. The van der Waals surface area contributed by atoms with Gasteiger partial charge >= 0.3 is 0 Å². The van der Waals surface area contributed by atoms with Gasteiger partial charge in [-0.25, -0.2) is 0 Å².